The molecule has 0 saturated heterocycles. The van der Waals surface area contributed by atoms with Crippen LogP contribution in [0.1, 0.15) is 5.56 Å². The minimum Gasteiger partial charge on any atom is -0.495 e. The SMILES string of the molecule is COc1cc(CN)ccc1NS(C)(=O)=O. The number of nitrogens with one attached hydrogen (secondary N) is 1. The molecule has 0 atom stereocenters. The monoisotopic (exact) mass is 230 g/mol. The Hall–Kier alpha value is -1.27. The van der Waals surface area contributed by atoms with Gasteiger partial charge in [-0.1, -0.05) is 6.07 Å². The Morgan fingerprint density at radius 3 is 2.60 bits per heavy atom. The lowest BCUT2D eigenvalue weighted by Crippen LogP contribution is -2.10. The number of hydrogen-bond donors (Lipinski definition) is 2. The van der Waals surface area contributed by atoms with Gasteiger partial charge in [0.25, 0.3) is 0 Å². The predicted molar refractivity (Wildman–Crippen MR) is 59.4 cm³/mol. The van der Waals surface area contributed by atoms with Crippen molar-refractivity contribution in [3.63, 3.8) is 0 Å². The van der Waals surface area contributed by atoms with E-state index >= 15 is 0 Å². The van der Waals surface area contributed by atoms with Gasteiger partial charge in [0, 0.05) is 6.54 Å². The van der Waals surface area contributed by atoms with Crippen LogP contribution in [0.25, 0.3) is 0 Å². The van der Waals surface area contributed by atoms with Gasteiger partial charge < -0.3 is 10.5 Å². The van der Waals surface area contributed by atoms with Crippen LogP contribution in [-0.2, 0) is 16.6 Å². The molecule has 1 aromatic rings. The largest absolute Gasteiger partial charge is 0.495 e. The Kier molecular flexibility index (Phi) is 3.54. The Balaban J connectivity index is 3.08. The van der Waals surface area contributed by atoms with Gasteiger partial charge in [0.15, 0.2) is 0 Å². The Bertz CT molecular complexity index is 443. The normalized spacial score (nSPS) is 11.1. The summed E-state index contributed by atoms with van der Waals surface area (Å²) >= 11 is 0. The first-order valence-corrected chi connectivity index (χ1v) is 6.20. The standard InChI is InChI=1S/C9H14N2O3S/c1-14-9-5-7(6-10)3-4-8(9)11-15(2,12)13/h3-5,11H,6,10H2,1-2H3. The first-order valence-electron chi connectivity index (χ1n) is 4.31. The first-order chi connectivity index (χ1) is 6.96. The molecule has 0 aliphatic carbocycles. The molecule has 1 rings (SSSR count). The molecule has 0 aliphatic heterocycles. The molecule has 0 spiro atoms. The zero-order valence-electron chi connectivity index (χ0n) is 8.65. The summed E-state index contributed by atoms with van der Waals surface area (Å²) in [5.41, 5.74) is 6.75. The number of anilines is 1. The molecule has 15 heavy (non-hydrogen) atoms. The smallest absolute Gasteiger partial charge is 0.229 e. The van der Waals surface area contributed by atoms with E-state index in [0.29, 0.717) is 18.0 Å². The molecular weight excluding hydrogens is 216 g/mol. The molecule has 5 nitrogen and oxygen atoms in total. The van der Waals surface area contributed by atoms with E-state index in [4.69, 9.17) is 10.5 Å². The van der Waals surface area contributed by atoms with Crippen molar-refractivity contribution in [1.29, 1.82) is 0 Å². The zero-order chi connectivity index (χ0) is 11.5. The Morgan fingerprint density at radius 1 is 1.47 bits per heavy atom. The van der Waals surface area contributed by atoms with Gasteiger partial charge in [-0.2, -0.15) is 0 Å². The average molecular weight is 230 g/mol. The summed E-state index contributed by atoms with van der Waals surface area (Å²) in [5.74, 6) is 0.461. The first kappa shape index (κ1) is 11.8. The second kappa shape index (κ2) is 4.50. The number of hydrogen-bond acceptors (Lipinski definition) is 4. The van der Waals surface area contributed by atoms with Gasteiger partial charge in [-0.3, -0.25) is 4.72 Å². The van der Waals surface area contributed by atoms with E-state index in [1.54, 1.807) is 18.2 Å². The predicted octanol–water partition coefficient (Wildman–Crippen LogP) is 0.525. The van der Waals surface area contributed by atoms with Gasteiger partial charge >= 0.3 is 0 Å². The summed E-state index contributed by atoms with van der Waals surface area (Å²) in [6, 6.07) is 5.08. The number of methoxy groups -OCH3 is 1. The quantitative estimate of drug-likeness (QED) is 0.790. The number of nitrogens with two attached hydrogens (primary N) is 1. The maximum absolute atomic E-state index is 11.0. The minimum absolute atomic E-state index is 0.384. The van der Waals surface area contributed by atoms with Crippen molar-refractivity contribution in [3.8, 4) is 5.75 Å². The molecule has 0 radical (unpaired) electrons. The van der Waals surface area contributed by atoms with E-state index in [2.05, 4.69) is 4.72 Å². The molecule has 1 aromatic carbocycles. The number of ether oxygens (including phenoxy) is 1. The van der Waals surface area contributed by atoms with Crippen LogP contribution in [0.15, 0.2) is 18.2 Å². The highest BCUT2D eigenvalue weighted by molar-refractivity contribution is 7.92. The van der Waals surface area contributed by atoms with E-state index in [1.165, 1.54) is 7.11 Å². The zero-order valence-corrected chi connectivity index (χ0v) is 9.47. The van der Waals surface area contributed by atoms with Crippen LogP contribution < -0.4 is 15.2 Å². The molecule has 84 valence electrons. The lowest BCUT2D eigenvalue weighted by Gasteiger charge is -2.10. The maximum atomic E-state index is 11.0. The van der Waals surface area contributed by atoms with Crippen molar-refractivity contribution in [2.45, 2.75) is 6.54 Å². The van der Waals surface area contributed by atoms with Gasteiger partial charge in [0.05, 0.1) is 19.1 Å². The van der Waals surface area contributed by atoms with E-state index in [1.807, 2.05) is 0 Å². The van der Waals surface area contributed by atoms with Crippen LogP contribution >= 0.6 is 0 Å². The van der Waals surface area contributed by atoms with Crippen LogP contribution in [0.2, 0.25) is 0 Å². The van der Waals surface area contributed by atoms with E-state index in [-0.39, 0.29) is 0 Å². The molecule has 0 fully saturated rings. The van der Waals surface area contributed by atoms with Gasteiger partial charge in [-0.25, -0.2) is 8.42 Å². The molecule has 0 heterocycles. The molecule has 0 bridgehead atoms. The van der Waals surface area contributed by atoms with Gasteiger partial charge in [0.1, 0.15) is 5.75 Å². The fourth-order valence-corrected chi connectivity index (χ4v) is 1.71. The van der Waals surface area contributed by atoms with Crippen molar-refractivity contribution >= 4 is 15.7 Å². The average Bonchev–Trinajstić information content (AvgIpc) is 2.16. The molecule has 0 saturated carbocycles. The number of benzene rings is 1. The maximum Gasteiger partial charge on any atom is 0.229 e. The lowest BCUT2D eigenvalue weighted by molar-refractivity contribution is 0.416. The summed E-state index contributed by atoms with van der Waals surface area (Å²) in [7, 11) is -1.82. The Labute approximate surface area is 89.3 Å². The second-order valence-corrected chi connectivity index (χ2v) is 4.86. The van der Waals surface area contributed by atoms with Crippen LogP contribution in [0.4, 0.5) is 5.69 Å². The highest BCUT2D eigenvalue weighted by atomic mass is 32.2. The summed E-state index contributed by atoms with van der Waals surface area (Å²) in [6.07, 6.45) is 1.09. The van der Waals surface area contributed by atoms with Gasteiger partial charge in [-0.05, 0) is 17.7 Å². The third-order valence-electron chi connectivity index (χ3n) is 1.80. The van der Waals surface area contributed by atoms with Crippen LogP contribution in [0.5, 0.6) is 5.75 Å². The van der Waals surface area contributed by atoms with E-state index < -0.39 is 10.0 Å². The third kappa shape index (κ3) is 3.41. The highest BCUT2D eigenvalue weighted by Crippen LogP contribution is 2.25. The van der Waals surface area contributed by atoms with Gasteiger partial charge in [-0.15, -0.1) is 0 Å². The molecular formula is C9H14N2O3S. The number of sulfonamides is 1. The minimum atomic E-state index is -3.29. The third-order valence-corrected chi connectivity index (χ3v) is 2.39. The topological polar surface area (TPSA) is 81.4 Å². The number of rotatable bonds is 4. The fraction of sp³-hybridized carbons (Fsp3) is 0.333. The summed E-state index contributed by atoms with van der Waals surface area (Å²) < 4.78 is 29.5. The summed E-state index contributed by atoms with van der Waals surface area (Å²) in [5, 5.41) is 0. The van der Waals surface area contributed by atoms with Crippen LogP contribution in [-0.4, -0.2) is 21.8 Å². The molecule has 0 amide bonds. The van der Waals surface area contributed by atoms with Crippen molar-refractivity contribution in [2.24, 2.45) is 5.73 Å². The van der Waals surface area contributed by atoms with Gasteiger partial charge in [0.2, 0.25) is 10.0 Å². The van der Waals surface area contributed by atoms with Crippen molar-refractivity contribution in [2.75, 3.05) is 18.1 Å². The molecule has 6 heteroatoms. The fourth-order valence-electron chi connectivity index (χ4n) is 1.15. The van der Waals surface area contributed by atoms with Crippen LogP contribution in [0.3, 0.4) is 0 Å². The molecule has 0 aromatic heterocycles. The molecule has 3 N–H and O–H groups in total. The van der Waals surface area contributed by atoms with E-state index in [0.717, 1.165) is 11.8 Å². The highest BCUT2D eigenvalue weighted by Gasteiger charge is 2.08. The van der Waals surface area contributed by atoms with Crippen LogP contribution in [0, 0.1) is 0 Å². The van der Waals surface area contributed by atoms with Crippen molar-refractivity contribution < 1.29 is 13.2 Å². The lowest BCUT2D eigenvalue weighted by atomic mass is 10.2. The second-order valence-electron chi connectivity index (χ2n) is 3.11. The van der Waals surface area contributed by atoms with Crippen molar-refractivity contribution in [3.05, 3.63) is 23.8 Å². The molecule has 0 unspecified atom stereocenters. The Morgan fingerprint density at radius 2 is 2.13 bits per heavy atom. The summed E-state index contributed by atoms with van der Waals surface area (Å²) in [6.45, 7) is 0.384. The van der Waals surface area contributed by atoms with E-state index in [9.17, 15) is 8.42 Å². The summed E-state index contributed by atoms with van der Waals surface area (Å²) in [4.78, 5) is 0. The van der Waals surface area contributed by atoms with Crippen molar-refractivity contribution in [1.82, 2.24) is 0 Å². The molecule has 0 aliphatic rings.